The number of hydrogen-bond donors (Lipinski definition) is 0. The van der Waals surface area contributed by atoms with E-state index in [9.17, 15) is 0 Å². The third-order valence-electron chi connectivity index (χ3n) is 4.80. The zero-order valence-electron chi connectivity index (χ0n) is 15.7. The van der Waals surface area contributed by atoms with Crippen molar-refractivity contribution in [2.75, 3.05) is 26.2 Å². The average molecular weight is 429 g/mol. The maximum Gasteiger partial charge on any atom is 0.257 e. The van der Waals surface area contributed by atoms with Gasteiger partial charge in [-0.3, -0.25) is 9.80 Å². The lowest BCUT2D eigenvalue weighted by Crippen LogP contribution is -2.30. The molecule has 5 rings (SSSR count). The van der Waals surface area contributed by atoms with E-state index in [4.69, 9.17) is 8.83 Å². The summed E-state index contributed by atoms with van der Waals surface area (Å²) in [5.41, 5.74) is 0. The first-order chi connectivity index (χ1) is 14.3. The Labute approximate surface area is 175 Å². The number of rotatable bonds is 6. The van der Waals surface area contributed by atoms with Crippen LogP contribution in [0.5, 0.6) is 0 Å². The molecule has 0 spiro atoms. The molecule has 5 heterocycles. The summed E-state index contributed by atoms with van der Waals surface area (Å²) in [6.45, 7) is 5.21. The van der Waals surface area contributed by atoms with Crippen LogP contribution < -0.4 is 0 Å². The van der Waals surface area contributed by atoms with E-state index in [1.165, 1.54) is 0 Å². The molecule has 4 aromatic heterocycles. The normalized spacial score (nSPS) is 16.3. The van der Waals surface area contributed by atoms with Crippen LogP contribution >= 0.6 is 22.7 Å². The standard InChI is InChI=1S/C19H20N6O2S2/c1-4-14(28-10-1)18-22-20-16(26-18)12-24-6-3-7-25(9-8-24)13-17-21-23-19(27-17)15-5-2-11-29-15/h1-2,4-5,10-11H,3,6-9,12-13H2. The fourth-order valence-electron chi connectivity index (χ4n) is 3.36. The first-order valence-corrected chi connectivity index (χ1v) is 11.3. The van der Waals surface area contributed by atoms with Crippen molar-refractivity contribution < 1.29 is 8.83 Å². The van der Waals surface area contributed by atoms with Crippen molar-refractivity contribution in [1.82, 2.24) is 30.2 Å². The molecular weight excluding hydrogens is 408 g/mol. The summed E-state index contributed by atoms with van der Waals surface area (Å²) in [6.07, 6.45) is 1.07. The molecule has 29 heavy (non-hydrogen) atoms. The Morgan fingerprint density at radius 2 is 1.24 bits per heavy atom. The fraction of sp³-hybridized carbons (Fsp3) is 0.368. The summed E-state index contributed by atoms with van der Waals surface area (Å²) in [6, 6.07) is 7.96. The highest BCUT2D eigenvalue weighted by molar-refractivity contribution is 7.13. The van der Waals surface area contributed by atoms with Gasteiger partial charge in [0.2, 0.25) is 11.8 Å². The van der Waals surface area contributed by atoms with Crippen LogP contribution in [0.25, 0.3) is 21.5 Å². The number of thiophene rings is 2. The Bertz CT molecular complexity index is 945. The zero-order valence-corrected chi connectivity index (χ0v) is 17.4. The number of aromatic nitrogens is 4. The smallest absolute Gasteiger partial charge is 0.257 e. The minimum Gasteiger partial charge on any atom is -0.419 e. The second-order valence-corrected chi connectivity index (χ2v) is 8.76. The molecule has 4 aromatic rings. The Hall–Kier alpha value is -2.40. The molecule has 8 nitrogen and oxygen atoms in total. The van der Waals surface area contributed by atoms with Crippen molar-refractivity contribution in [1.29, 1.82) is 0 Å². The van der Waals surface area contributed by atoms with E-state index in [-0.39, 0.29) is 0 Å². The van der Waals surface area contributed by atoms with Crippen LogP contribution in [0.3, 0.4) is 0 Å². The molecule has 0 N–H and O–H groups in total. The molecule has 150 valence electrons. The lowest BCUT2D eigenvalue weighted by atomic mass is 10.4. The van der Waals surface area contributed by atoms with Crippen molar-refractivity contribution in [2.24, 2.45) is 0 Å². The van der Waals surface area contributed by atoms with Gasteiger partial charge in [0.15, 0.2) is 0 Å². The van der Waals surface area contributed by atoms with Crippen LogP contribution in [0, 0.1) is 0 Å². The minimum atomic E-state index is 0.601. The van der Waals surface area contributed by atoms with Gasteiger partial charge in [-0.25, -0.2) is 0 Å². The number of nitrogens with zero attached hydrogens (tertiary/aromatic N) is 6. The summed E-state index contributed by atoms with van der Waals surface area (Å²) in [4.78, 5) is 6.73. The molecule has 1 saturated heterocycles. The molecule has 0 bridgehead atoms. The summed E-state index contributed by atoms with van der Waals surface area (Å²) in [5, 5.41) is 20.8. The largest absolute Gasteiger partial charge is 0.419 e. The molecule has 0 amide bonds. The predicted molar refractivity (Wildman–Crippen MR) is 110 cm³/mol. The van der Waals surface area contributed by atoms with Gasteiger partial charge >= 0.3 is 0 Å². The van der Waals surface area contributed by atoms with Crippen LogP contribution in [0.4, 0.5) is 0 Å². The highest BCUT2D eigenvalue weighted by Crippen LogP contribution is 2.24. The van der Waals surface area contributed by atoms with Crippen LogP contribution in [-0.2, 0) is 13.1 Å². The van der Waals surface area contributed by atoms with E-state index in [0.717, 1.165) is 42.4 Å². The summed E-state index contributed by atoms with van der Waals surface area (Å²) < 4.78 is 11.7. The fourth-order valence-corrected chi connectivity index (χ4v) is 4.65. The van der Waals surface area contributed by atoms with Crippen molar-refractivity contribution in [3.63, 3.8) is 0 Å². The van der Waals surface area contributed by atoms with Crippen LogP contribution in [0.1, 0.15) is 18.2 Å². The molecule has 0 aliphatic carbocycles. The molecular formula is C19H20N6O2S2. The van der Waals surface area contributed by atoms with E-state index < -0.39 is 0 Å². The average Bonchev–Trinajstić information content (AvgIpc) is 3.51. The molecule has 0 radical (unpaired) electrons. The SMILES string of the molecule is c1csc(-c2nnc(CN3CCCN(Cc4nnc(-c5cccs5)o4)CC3)o2)c1. The molecule has 0 aromatic carbocycles. The quantitative estimate of drug-likeness (QED) is 0.460. The van der Waals surface area contributed by atoms with Gasteiger partial charge in [0.25, 0.3) is 11.8 Å². The van der Waals surface area contributed by atoms with E-state index in [2.05, 4.69) is 30.2 Å². The maximum absolute atomic E-state index is 5.83. The molecule has 0 unspecified atom stereocenters. The molecule has 0 saturated carbocycles. The molecule has 10 heteroatoms. The van der Waals surface area contributed by atoms with E-state index in [1.807, 2.05) is 35.0 Å². The highest BCUT2D eigenvalue weighted by Gasteiger charge is 2.20. The molecule has 1 fully saturated rings. The Morgan fingerprint density at radius 1 is 0.724 bits per heavy atom. The van der Waals surface area contributed by atoms with Crippen LogP contribution in [0.2, 0.25) is 0 Å². The minimum absolute atomic E-state index is 0.601. The summed E-state index contributed by atoms with van der Waals surface area (Å²) in [7, 11) is 0. The van der Waals surface area contributed by atoms with Crippen molar-refractivity contribution in [3.05, 3.63) is 46.8 Å². The second kappa shape index (κ2) is 8.54. The van der Waals surface area contributed by atoms with Gasteiger partial charge in [-0.05, 0) is 42.4 Å². The van der Waals surface area contributed by atoms with Gasteiger partial charge in [-0.1, -0.05) is 12.1 Å². The Balaban J connectivity index is 1.16. The van der Waals surface area contributed by atoms with Gasteiger partial charge in [-0.15, -0.1) is 43.1 Å². The van der Waals surface area contributed by atoms with Gasteiger partial charge in [0, 0.05) is 13.1 Å². The first-order valence-electron chi connectivity index (χ1n) is 9.51. The predicted octanol–water partition coefficient (Wildman–Crippen LogP) is 3.62. The maximum atomic E-state index is 5.83. The Morgan fingerprint density at radius 3 is 1.69 bits per heavy atom. The van der Waals surface area contributed by atoms with Gasteiger partial charge in [0.1, 0.15) is 0 Å². The lowest BCUT2D eigenvalue weighted by Gasteiger charge is -2.19. The lowest BCUT2D eigenvalue weighted by molar-refractivity contribution is 0.222. The third kappa shape index (κ3) is 4.45. The van der Waals surface area contributed by atoms with Crippen molar-refractivity contribution in [3.8, 4) is 21.5 Å². The van der Waals surface area contributed by atoms with Gasteiger partial charge < -0.3 is 8.83 Å². The summed E-state index contributed by atoms with van der Waals surface area (Å²) in [5.74, 6) is 2.53. The second-order valence-electron chi connectivity index (χ2n) is 6.86. The monoisotopic (exact) mass is 428 g/mol. The highest BCUT2D eigenvalue weighted by atomic mass is 32.1. The van der Waals surface area contributed by atoms with Crippen molar-refractivity contribution >= 4 is 22.7 Å². The third-order valence-corrected chi connectivity index (χ3v) is 6.51. The number of hydrogen-bond acceptors (Lipinski definition) is 10. The molecule has 1 aliphatic heterocycles. The zero-order chi connectivity index (χ0) is 19.5. The Kier molecular flexibility index (Phi) is 5.48. The van der Waals surface area contributed by atoms with E-state index >= 15 is 0 Å². The van der Waals surface area contributed by atoms with E-state index in [0.29, 0.717) is 36.7 Å². The summed E-state index contributed by atoms with van der Waals surface area (Å²) >= 11 is 3.21. The van der Waals surface area contributed by atoms with Crippen LogP contribution in [-0.4, -0.2) is 56.4 Å². The van der Waals surface area contributed by atoms with Crippen LogP contribution in [0.15, 0.2) is 43.9 Å². The van der Waals surface area contributed by atoms with Gasteiger partial charge in [-0.2, -0.15) is 0 Å². The van der Waals surface area contributed by atoms with Gasteiger partial charge in [0.05, 0.1) is 22.8 Å². The first kappa shape index (κ1) is 18.6. The molecule has 1 aliphatic rings. The van der Waals surface area contributed by atoms with Crippen molar-refractivity contribution in [2.45, 2.75) is 19.5 Å². The topological polar surface area (TPSA) is 84.3 Å². The molecule has 0 atom stereocenters. The van der Waals surface area contributed by atoms with E-state index in [1.54, 1.807) is 22.7 Å².